The second-order valence-electron chi connectivity index (χ2n) is 4.35. The van der Waals surface area contributed by atoms with Crippen LogP contribution in [0.25, 0.3) is 0 Å². The van der Waals surface area contributed by atoms with Crippen LogP contribution in [0.4, 0.5) is 8.78 Å². The molecule has 0 saturated heterocycles. The van der Waals surface area contributed by atoms with Gasteiger partial charge in [0.15, 0.2) is 11.6 Å². The Balaban J connectivity index is 1.83. The summed E-state index contributed by atoms with van der Waals surface area (Å²) in [5.74, 6) is 4.18. The number of rotatable bonds is 5. The van der Waals surface area contributed by atoms with Crippen LogP contribution < -0.4 is 9.46 Å². The highest BCUT2D eigenvalue weighted by Crippen LogP contribution is 2.14. The lowest BCUT2D eigenvalue weighted by Gasteiger charge is -2.03. The summed E-state index contributed by atoms with van der Waals surface area (Å²) in [4.78, 5) is -0.0525. The monoisotopic (exact) mass is 337 g/mol. The van der Waals surface area contributed by atoms with Crippen molar-refractivity contribution in [2.45, 2.75) is 4.90 Å². The molecular formula is C16H13F2NO3S. The van der Waals surface area contributed by atoms with Gasteiger partial charge in [-0.3, -0.25) is 0 Å². The van der Waals surface area contributed by atoms with E-state index >= 15 is 0 Å². The smallest absolute Gasteiger partial charge is 0.241 e. The molecule has 0 spiro atoms. The number of benzene rings is 2. The van der Waals surface area contributed by atoms with E-state index in [-0.39, 0.29) is 23.8 Å². The maximum atomic E-state index is 13.2. The van der Waals surface area contributed by atoms with Gasteiger partial charge in [0.2, 0.25) is 10.0 Å². The van der Waals surface area contributed by atoms with Crippen LogP contribution in [0.15, 0.2) is 53.4 Å². The van der Waals surface area contributed by atoms with Gasteiger partial charge in [-0.2, -0.15) is 4.72 Å². The molecule has 2 aromatic rings. The molecule has 0 atom stereocenters. The summed E-state index contributed by atoms with van der Waals surface area (Å²) in [5, 5.41) is 0. The lowest BCUT2D eigenvalue weighted by Crippen LogP contribution is -2.24. The molecule has 7 heteroatoms. The minimum atomic E-state index is -3.74. The van der Waals surface area contributed by atoms with E-state index in [0.717, 1.165) is 24.3 Å². The van der Waals surface area contributed by atoms with Crippen molar-refractivity contribution in [3.05, 3.63) is 60.2 Å². The number of nitrogens with one attached hydrogen (secondary N) is 1. The standard InChI is InChI=1S/C16H13F2NO3S/c17-13-7-9-14(10-8-13)23(20,21)19-11-3-4-12-22-16-6-2-1-5-15(16)18/h1-2,5-10,19H,11-12H2. The third kappa shape index (κ3) is 5.06. The van der Waals surface area contributed by atoms with Crippen molar-refractivity contribution in [2.24, 2.45) is 0 Å². The van der Waals surface area contributed by atoms with Crippen LogP contribution in [0, 0.1) is 23.5 Å². The molecule has 0 radical (unpaired) electrons. The molecule has 0 aliphatic rings. The third-order valence-electron chi connectivity index (χ3n) is 2.74. The molecule has 0 aliphatic carbocycles. The van der Waals surface area contributed by atoms with Gasteiger partial charge in [-0.15, -0.1) is 0 Å². The maximum absolute atomic E-state index is 13.2. The highest BCUT2D eigenvalue weighted by atomic mass is 32.2. The molecule has 120 valence electrons. The van der Waals surface area contributed by atoms with Crippen LogP contribution in [-0.2, 0) is 10.0 Å². The van der Waals surface area contributed by atoms with Gasteiger partial charge in [-0.05, 0) is 36.4 Å². The van der Waals surface area contributed by atoms with E-state index in [1.54, 1.807) is 6.07 Å². The first-order chi connectivity index (χ1) is 11.0. The molecule has 0 amide bonds. The van der Waals surface area contributed by atoms with Crippen molar-refractivity contribution in [2.75, 3.05) is 13.2 Å². The van der Waals surface area contributed by atoms with Gasteiger partial charge in [0.05, 0.1) is 11.4 Å². The first kappa shape index (κ1) is 16.9. The molecule has 0 saturated carbocycles. The molecule has 2 rings (SSSR count). The fourth-order valence-corrected chi connectivity index (χ4v) is 2.54. The Morgan fingerprint density at radius 2 is 1.70 bits per heavy atom. The van der Waals surface area contributed by atoms with Crippen LogP contribution in [0.5, 0.6) is 5.75 Å². The third-order valence-corrected chi connectivity index (χ3v) is 4.15. The molecule has 0 bridgehead atoms. The number of halogens is 2. The summed E-state index contributed by atoms with van der Waals surface area (Å²) in [5.41, 5.74) is 0. The average Bonchev–Trinajstić information content (AvgIpc) is 2.52. The molecule has 0 heterocycles. The fraction of sp³-hybridized carbons (Fsp3) is 0.125. The van der Waals surface area contributed by atoms with E-state index in [1.807, 2.05) is 0 Å². The van der Waals surface area contributed by atoms with E-state index in [0.29, 0.717) is 0 Å². The Labute approximate surface area is 133 Å². The molecular weight excluding hydrogens is 324 g/mol. The van der Waals surface area contributed by atoms with E-state index < -0.39 is 21.7 Å². The summed E-state index contributed by atoms with van der Waals surface area (Å²) >= 11 is 0. The van der Waals surface area contributed by atoms with Crippen LogP contribution >= 0.6 is 0 Å². The van der Waals surface area contributed by atoms with Crippen molar-refractivity contribution in [3.63, 3.8) is 0 Å². The van der Waals surface area contributed by atoms with Crippen molar-refractivity contribution < 1.29 is 21.9 Å². The van der Waals surface area contributed by atoms with Crippen LogP contribution in [0.2, 0.25) is 0 Å². The Morgan fingerprint density at radius 3 is 2.39 bits per heavy atom. The number of hydrogen-bond acceptors (Lipinski definition) is 3. The topological polar surface area (TPSA) is 55.4 Å². The number of hydrogen-bond donors (Lipinski definition) is 1. The number of sulfonamides is 1. The number of para-hydroxylation sites is 1. The Kier molecular flexibility index (Phi) is 5.68. The molecule has 0 aromatic heterocycles. The van der Waals surface area contributed by atoms with Crippen molar-refractivity contribution in [1.82, 2.24) is 4.72 Å². The van der Waals surface area contributed by atoms with Gasteiger partial charge < -0.3 is 4.74 Å². The summed E-state index contributed by atoms with van der Waals surface area (Å²) in [7, 11) is -3.74. The molecule has 4 nitrogen and oxygen atoms in total. The Morgan fingerprint density at radius 1 is 1.00 bits per heavy atom. The van der Waals surface area contributed by atoms with Gasteiger partial charge in [0.1, 0.15) is 12.4 Å². The van der Waals surface area contributed by atoms with Crippen LogP contribution in [0.1, 0.15) is 0 Å². The Bertz CT molecular complexity index is 824. The van der Waals surface area contributed by atoms with Crippen molar-refractivity contribution in [3.8, 4) is 17.6 Å². The van der Waals surface area contributed by atoms with Crippen LogP contribution in [-0.4, -0.2) is 21.6 Å². The Hall–Kier alpha value is -2.43. The zero-order chi connectivity index (χ0) is 16.7. The number of ether oxygens (including phenoxy) is 1. The summed E-state index contributed by atoms with van der Waals surface area (Å²) in [6.45, 7) is -0.209. The molecule has 2 aromatic carbocycles. The average molecular weight is 337 g/mol. The van der Waals surface area contributed by atoms with Gasteiger partial charge >= 0.3 is 0 Å². The van der Waals surface area contributed by atoms with Gasteiger partial charge in [-0.25, -0.2) is 17.2 Å². The summed E-state index contributed by atoms with van der Waals surface area (Å²) in [6, 6.07) is 10.3. The minimum absolute atomic E-state index is 0.0525. The van der Waals surface area contributed by atoms with Crippen molar-refractivity contribution in [1.29, 1.82) is 0 Å². The lowest BCUT2D eigenvalue weighted by molar-refractivity contribution is 0.348. The zero-order valence-corrected chi connectivity index (χ0v) is 12.7. The normalized spacial score (nSPS) is 10.7. The summed E-state index contributed by atoms with van der Waals surface area (Å²) < 4.78 is 57.1. The highest BCUT2D eigenvalue weighted by Gasteiger charge is 2.12. The largest absolute Gasteiger partial charge is 0.478 e. The predicted octanol–water partition coefficient (Wildman–Crippen LogP) is 2.33. The summed E-state index contributed by atoms with van der Waals surface area (Å²) in [6.07, 6.45) is 0. The van der Waals surface area contributed by atoms with Gasteiger partial charge in [-0.1, -0.05) is 24.0 Å². The van der Waals surface area contributed by atoms with E-state index in [9.17, 15) is 17.2 Å². The van der Waals surface area contributed by atoms with Crippen molar-refractivity contribution >= 4 is 10.0 Å². The van der Waals surface area contributed by atoms with Crippen LogP contribution in [0.3, 0.4) is 0 Å². The van der Waals surface area contributed by atoms with E-state index in [4.69, 9.17) is 4.74 Å². The van der Waals surface area contributed by atoms with E-state index in [1.165, 1.54) is 18.2 Å². The first-order valence-electron chi connectivity index (χ1n) is 6.57. The minimum Gasteiger partial charge on any atom is -0.478 e. The van der Waals surface area contributed by atoms with E-state index in [2.05, 4.69) is 16.6 Å². The SMILES string of the molecule is O=S(=O)(NCC#CCOc1ccccc1F)c1ccc(F)cc1. The molecule has 0 fully saturated rings. The highest BCUT2D eigenvalue weighted by molar-refractivity contribution is 7.89. The van der Waals surface area contributed by atoms with Gasteiger partial charge in [0.25, 0.3) is 0 Å². The fourth-order valence-electron chi connectivity index (χ4n) is 1.62. The lowest BCUT2D eigenvalue weighted by atomic mass is 10.3. The maximum Gasteiger partial charge on any atom is 0.241 e. The second kappa shape index (κ2) is 7.72. The molecule has 0 unspecified atom stereocenters. The molecule has 1 N–H and O–H groups in total. The predicted molar refractivity (Wildman–Crippen MR) is 81.3 cm³/mol. The zero-order valence-electron chi connectivity index (χ0n) is 11.9. The molecule has 0 aliphatic heterocycles. The molecule has 23 heavy (non-hydrogen) atoms. The quantitative estimate of drug-likeness (QED) is 0.852. The second-order valence-corrected chi connectivity index (χ2v) is 6.12. The van der Waals surface area contributed by atoms with Gasteiger partial charge in [0, 0.05) is 0 Å². The first-order valence-corrected chi connectivity index (χ1v) is 8.05.